The maximum absolute atomic E-state index is 3.76. The Balaban J connectivity index is 2.16. The van der Waals surface area contributed by atoms with E-state index in [9.17, 15) is 0 Å². The Morgan fingerprint density at radius 2 is 1.69 bits per heavy atom. The number of benzene rings is 1. The second kappa shape index (κ2) is 3.78. The number of hydrogen-bond donors (Lipinski definition) is 0. The molecule has 0 saturated heterocycles. The van der Waals surface area contributed by atoms with Crippen molar-refractivity contribution in [2.24, 2.45) is 0 Å². The van der Waals surface area contributed by atoms with E-state index in [0.717, 1.165) is 5.92 Å². The van der Waals surface area contributed by atoms with E-state index in [4.69, 9.17) is 0 Å². The van der Waals surface area contributed by atoms with Crippen LogP contribution in [0.2, 0.25) is 0 Å². The molecule has 0 amide bonds. The summed E-state index contributed by atoms with van der Waals surface area (Å²) in [6.07, 6.45) is 7.49. The fourth-order valence-electron chi connectivity index (χ4n) is 2.16. The minimum Gasteiger partial charge on any atom is -0.0985 e. The third-order valence-corrected chi connectivity index (χ3v) is 3.00. The van der Waals surface area contributed by atoms with Crippen molar-refractivity contribution in [2.45, 2.75) is 31.6 Å². The van der Waals surface area contributed by atoms with Crippen molar-refractivity contribution in [3.8, 4) is 0 Å². The molecule has 1 aliphatic rings. The molecular weight excluding hydrogens is 156 g/mol. The monoisotopic (exact) mass is 172 g/mol. The Hall–Kier alpha value is -1.04. The largest absolute Gasteiger partial charge is 0.0985 e. The molecule has 0 N–H and O–H groups in total. The Labute approximate surface area is 80.3 Å². The predicted molar refractivity (Wildman–Crippen MR) is 57.7 cm³/mol. The van der Waals surface area contributed by atoms with Gasteiger partial charge in [-0.25, -0.2) is 0 Å². The molecule has 1 aromatic rings. The van der Waals surface area contributed by atoms with E-state index in [2.05, 4.69) is 30.8 Å². The van der Waals surface area contributed by atoms with E-state index >= 15 is 0 Å². The van der Waals surface area contributed by atoms with Crippen LogP contribution in [0, 0.1) is 0 Å². The SMILES string of the molecule is C=Cc1ccc(C2CCCC2)cc1. The normalized spacial score (nSPS) is 17.5. The zero-order valence-electron chi connectivity index (χ0n) is 8.00. The molecular formula is C13H16. The van der Waals surface area contributed by atoms with Gasteiger partial charge in [0, 0.05) is 0 Å². The maximum atomic E-state index is 3.76. The summed E-state index contributed by atoms with van der Waals surface area (Å²) < 4.78 is 0. The maximum Gasteiger partial charge on any atom is -0.0162 e. The van der Waals surface area contributed by atoms with Crippen LogP contribution in [0.5, 0.6) is 0 Å². The van der Waals surface area contributed by atoms with Crippen LogP contribution in [0.4, 0.5) is 0 Å². The van der Waals surface area contributed by atoms with E-state index in [0.29, 0.717) is 0 Å². The molecule has 0 heterocycles. The highest BCUT2D eigenvalue weighted by Crippen LogP contribution is 2.33. The van der Waals surface area contributed by atoms with Crippen molar-refractivity contribution >= 4 is 6.08 Å². The van der Waals surface area contributed by atoms with Crippen LogP contribution < -0.4 is 0 Å². The third kappa shape index (κ3) is 1.82. The summed E-state index contributed by atoms with van der Waals surface area (Å²) in [6, 6.07) is 8.85. The average molecular weight is 172 g/mol. The molecule has 0 nitrogen and oxygen atoms in total. The molecule has 1 aliphatic carbocycles. The minimum atomic E-state index is 0.832. The molecule has 0 spiro atoms. The van der Waals surface area contributed by atoms with Crippen LogP contribution in [-0.4, -0.2) is 0 Å². The van der Waals surface area contributed by atoms with Crippen molar-refractivity contribution in [3.05, 3.63) is 42.0 Å². The predicted octanol–water partition coefficient (Wildman–Crippen LogP) is 3.99. The molecule has 0 atom stereocenters. The number of hydrogen-bond acceptors (Lipinski definition) is 0. The summed E-state index contributed by atoms with van der Waals surface area (Å²) in [7, 11) is 0. The fourth-order valence-corrected chi connectivity index (χ4v) is 2.16. The van der Waals surface area contributed by atoms with Crippen LogP contribution in [-0.2, 0) is 0 Å². The Morgan fingerprint density at radius 3 is 2.23 bits per heavy atom. The van der Waals surface area contributed by atoms with Crippen molar-refractivity contribution < 1.29 is 0 Å². The Bertz CT molecular complexity index is 275. The highest BCUT2D eigenvalue weighted by atomic mass is 14.2. The van der Waals surface area contributed by atoms with E-state index in [1.165, 1.54) is 36.8 Å². The summed E-state index contributed by atoms with van der Waals surface area (Å²) in [5.41, 5.74) is 2.74. The van der Waals surface area contributed by atoms with Crippen LogP contribution >= 0.6 is 0 Å². The molecule has 1 saturated carbocycles. The molecule has 13 heavy (non-hydrogen) atoms. The quantitative estimate of drug-likeness (QED) is 0.632. The van der Waals surface area contributed by atoms with Gasteiger partial charge in [0.25, 0.3) is 0 Å². The fraction of sp³-hybridized carbons (Fsp3) is 0.385. The van der Waals surface area contributed by atoms with Crippen LogP contribution in [0.15, 0.2) is 30.8 Å². The standard InChI is InChI=1S/C13H16/c1-2-11-7-9-13(10-8-11)12-5-3-4-6-12/h2,7-10,12H,1,3-6H2. The van der Waals surface area contributed by atoms with Crippen LogP contribution in [0.3, 0.4) is 0 Å². The molecule has 68 valence electrons. The van der Waals surface area contributed by atoms with Gasteiger partial charge in [-0.2, -0.15) is 0 Å². The zero-order chi connectivity index (χ0) is 9.10. The molecule has 1 aromatic carbocycles. The summed E-state index contributed by atoms with van der Waals surface area (Å²) in [4.78, 5) is 0. The summed E-state index contributed by atoms with van der Waals surface area (Å²) >= 11 is 0. The van der Waals surface area contributed by atoms with Crippen LogP contribution in [0.1, 0.15) is 42.7 Å². The first-order valence-corrected chi connectivity index (χ1v) is 5.12. The topological polar surface area (TPSA) is 0 Å². The first kappa shape index (κ1) is 8.55. The van der Waals surface area contributed by atoms with Gasteiger partial charge in [-0.05, 0) is 29.9 Å². The van der Waals surface area contributed by atoms with Gasteiger partial charge in [0.05, 0.1) is 0 Å². The van der Waals surface area contributed by atoms with Gasteiger partial charge in [0.1, 0.15) is 0 Å². The van der Waals surface area contributed by atoms with E-state index < -0.39 is 0 Å². The van der Waals surface area contributed by atoms with Gasteiger partial charge in [-0.15, -0.1) is 0 Å². The average Bonchev–Trinajstić information content (AvgIpc) is 2.71. The third-order valence-electron chi connectivity index (χ3n) is 3.00. The molecule has 0 radical (unpaired) electrons. The van der Waals surface area contributed by atoms with Gasteiger partial charge in [0.2, 0.25) is 0 Å². The molecule has 0 aromatic heterocycles. The zero-order valence-corrected chi connectivity index (χ0v) is 8.00. The highest BCUT2D eigenvalue weighted by molar-refractivity contribution is 5.47. The molecule has 0 aliphatic heterocycles. The minimum absolute atomic E-state index is 0.832. The first-order chi connectivity index (χ1) is 6.40. The van der Waals surface area contributed by atoms with Crippen molar-refractivity contribution in [1.29, 1.82) is 0 Å². The summed E-state index contributed by atoms with van der Waals surface area (Å²) in [6.45, 7) is 3.76. The molecule has 0 unspecified atom stereocenters. The van der Waals surface area contributed by atoms with Crippen molar-refractivity contribution in [2.75, 3.05) is 0 Å². The lowest BCUT2D eigenvalue weighted by Crippen LogP contribution is -1.91. The van der Waals surface area contributed by atoms with E-state index in [-0.39, 0.29) is 0 Å². The lowest BCUT2D eigenvalue weighted by molar-refractivity contribution is 0.723. The molecule has 0 bridgehead atoms. The lowest BCUT2D eigenvalue weighted by atomic mass is 9.97. The first-order valence-electron chi connectivity index (χ1n) is 5.12. The second-order valence-electron chi connectivity index (χ2n) is 3.85. The van der Waals surface area contributed by atoms with Gasteiger partial charge in [0.15, 0.2) is 0 Å². The lowest BCUT2D eigenvalue weighted by Gasteiger charge is -2.08. The van der Waals surface area contributed by atoms with Gasteiger partial charge >= 0.3 is 0 Å². The highest BCUT2D eigenvalue weighted by Gasteiger charge is 2.16. The second-order valence-corrected chi connectivity index (χ2v) is 3.85. The summed E-state index contributed by atoms with van der Waals surface area (Å²) in [5, 5.41) is 0. The summed E-state index contributed by atoms with van der Waals surface area (Å²) in [5.74, 6) is 0.832. The molecule has 0 heteroatoms. The van der Waals surface area contributed by atoms with Crippen LogP contribution in [0.25, 0.3) is 6.08 Å². The molecule has 1 fully saturated rings. The number of rotatable bonds is 2. The van der Waals surface area contributed by atoms with E-state index in [1.54, 1.807) is 0 Å². The smallest absolute Gasteiger partial charge is 0.0162 e. The Morgan fingerprint density at radius 1 is 1.08 bits per heavy atom. The van der Waals surface area contributed by atoms with Gasteiger partial charge in [-0.1, -0.05) is 49.8 Å². The van der Waals surface area contributed by atoms with Crippen molar-refractivity contribution in [1.82, 2.24) is 0 Å². The Kier molecular flexibility index (Phi) is 2.49. The van der Waals surface area contributed by atoms with Gasteiger partial charge < -0.3 is 0 Å². The van der Waals surface area contributed by atoms with Gasteiger partial charge in [-0.3, -0.25) is 0 Å². The van der Waals surface area contributed by atoms with Crippen molar-refractivity contribution in [3.63, 3.8) is 0 Å². The molecule has 2 rings (SSSR count). The van der Waals surface area contributed by atoms with E-state index in [1.807, 2.05) is 6.08 Å².